The fourth-order valence-corrected chi connectivity index (χ4v) is 2.41. The molecule has 9 nitrogen and oxygen atoms in total. The van der Waals surface area contributed by atoms with Crippen molar-refractivity contribution in [3.8, 4) is 0 Å². The lowest BCUT2D eigenvalue weighted by Crippen LogP contribution is -2.45. The first-order valence-corrected chi connectivity index (χ1v) is 7.65. The highest BCUT2D eigenvalue weighted by atomic mass is 32.2. The van der Waals surface area contributed by atoms with E-state index in [4.69, 9.17) is 4.74 Å². The first-order valence-electron chi connectivity index (χ1n) is 6.25. The second-order valence-electron chi connectivity index (χ2n) is 4.25. The van der Waals surface area contributed by atoms with Gasteiger partial charge in [0.05, 0.1) is 26.7 Å². The molecule has 0 aliphatic carbocycles. The monoisotopic (exact) mass is 325 g/mol. The number of nitrogens with one attached hydrogen (secondary N) is 1. The van der Waals surface area contributed by atoms with E-state index in [0.717, 1.165) is 8.61 Å². The van der Waals surface area contributed by atoms with Crippen molar-refractivity contribution >= 4 is 22.1 Å². The molecule has 1 amide bonds. The van der Waals surface area contributed by atoms with Gasteiger partial charge in [0, 0.05) is 34.3 Å². The molecule has 0 heterocycles. The third-order valence-electron chi connectivity index (χ3n) is 2.64. The number of rotatable bonds is 10. The van der Waals surface area contributed by atoms with Gasteiger partial charge in [0.2, 0.25) is 5.91 Å². The van der Waals surface area contributed by atoms with Crippen LogP contribution < -0.4 is 5.32 Å². The molecule has 0 bridgehead atoms. The van der Waals surface area contributed by atoms with Crippen molar-refractivity contribution < 1.29 is 27.5 Å². The van der Waals surface area contributed by atoms with Gasteiger partial charge in [-0.15, -0.1) is 0 Å². The summed E-state index contributed by atoms with van der Waals surface area (Å²) in [6.07, 6.45) is -0.0555. The lowest BCUT2D eigenvalue weighted by molar-refractivity contribution is -0.140. The Morgan fingerprint density at radius 3 is 2.29 bits per heavy atom. The Hall–Kier alpha value is -1.23. The maximum atomic E-state index is 12.1. The smallest absolute Gasteiger partial charge is 0.306 e. The van der Waals surface area contributed by atoms with Gasteiger partial charge in [-0.2, -0.15) is 17.0 Å². The second-order valence-corrected chi connectivity index (χ2v) is 6.40. The van der Waals surface area contributed by atoms with E-state index in [-0.39, 0.29) is 19.5 Å². The number of ether oxygens (including phenoxy) is 2. The highest BCUT2D eigenvalue weighted by molar-refractivity contribution is 7.86. The second kappa shape index (κ2) is 9.66. The number of nitrogens with zero attached hydrogens (tertiary/aromatic N) is 2. The quantitative estimate of drug-likeness (QED) is 0.384. The van der Waals surface area contributed by atoms with E-state index in [9.17, 15) is 18.0 Å². The molecule has 0 atom stereocenters. The summed E-state index contributed by atoms with van der Waals surface area (Å²) in [5.41, 5.74) is 0. The highest BCUT2D eigenvalue weighted by Gasteiger charge is 2.25. The minimum Gasteiger partial charge on any atom is -0.469 e. The summed E-state index contributed by atoms with van der Waals surface area (Å²) in [6, 6.07) is 0. The summed E-state index contributed by atoms with van der Waals surface area (Å²) >= 11 is 0. The van der Waals surface area contributed by atoms with Crippen molar-refractivity contribution in [2.75, 3.05) is 54.6 Å². The summed E-state index contributed by atoms with van der Waals surface area (Å²) in [5.74, 6) is -0.934. The fourth-order valence-electron chi connectivity index (χ4n) is 1.34. The van der Waals surface area contributed by atoms with E-state index in [1.54, 1.807) is 0 Å². The summed E-state index contributed by atoms with van der Waals surface area (Å²) in [7, 11) is 1.55. The molecule has 0 saturated heterocycles. The average molecular weight is 325 g/mol. The molecule has 0 aliphatic rings. The first-order chi connectivity index (χ1) is 9.75. The largest absolute Gasteiger partial charge is 0.469 e. The summed E-state index contributed by atoms with van der Waals surface area (Å²) in [4.78, 5) is 22.5. The van der Waals surface area contributed by atoms with Crippen LogP contribution in [-0.2, 0) is 29.3 Å². The van der Waals surface area contributed by atoms with Crippen molar-refractivity contribution in [2.45, 2.75) is 6.42 Å². The molecule has 0 aromatic carbocycles. The van der Waals surface area contributed by atoms with Gasteiger partial charge in [-0.1, -0.05) is 0 Å². The van der Waals surface area contributed by atoms with Gasteiger partial charge in [-0.05, 0) is 0 Å². The predicted molar refractivity (Wildman–Crippen MR) is 75.7 cm³/mol. The molecule has 0 fully saturated rings. The Morgan fingerprint density at radius 1 is 1.14 bits per heavy atom. The Morgan fingerprint density at radius 2 is 1.76 bits per heavy atom. The van der Waals surface area contributed by atoms with Crippen molar-refractivity contribution in [3.63, 3.8) is 0 Å². The van der Waals surface area contributed by atoms with Gasteiger partial charge in [-0.3, -0.25) is 9.59 Å². The van der Waals surface area contributed by atoms with Gasteiger partial charge in [-0.25, -0.2) is 0 Å². The lowest BCUT2D eigenvalue weighted by Gasteiger charge is -2.23. The van der Waals surface area contributed by atoms with Crippen LogP contribution in [0.4, 0.5) is 0 Å². The molecule has 0 unspecified atom stereocenters. The van der Waals surface area contributed by atoms with E-state index < -0.39 is 22.1 Å². The normalized spacial score (nSPS) is 11.7. The molecule has 21 heavy (non-hydrogen) atoms. The van der Waals surface area contributed by atoms with Crippen molar-refractivity contribution in [3.05, 3.63) is 0 Å². The molecule has 0 aliphatic heterocycles. The van der Waals surface area contributed by atoms with Crippen LogP contribution in [0, 0.1) is 0 Å². The molecule has 0 radical (unpaired) electrons. The molecule has 0 saturated carbocycles. The van der Waals surface area contributed by atoms with Gasteiger partial charge < -0.3 is 14.8 Å². The van der Waals surface area contributed by atoms with Gasteiger partial charge >= 0.3 is 5.97 Å². The molecule has 0 aromatic rings. The van der Waals surface area contributed by atoms with E-state index in [2.05, 4.69) is 10.1 Å². The van der Waals surface area contributed by atoms with Crippen LogP contribution >= 0.6 is 0 Å². The number of likely N-dealkylation sites (N-methyl/N-ethyl adjacent to an activating group) is 1. The van der Waals surface area contributed by atoms with E-state index in [0.29, 0.717) is 13.2 Å². The van der Waals surface area contributed by atoms with E-state index in [1.165, 1.54) is 28.3 Å². The highest BCUT2D eigenvalue weighted by Crippen LogP contribution is 2.04. The topological polar surface area (TPSA) is 105 Å². The van der Waals surface area contributed by atoms with Crippen molar-refractivity contribution in [2.24, 2.45) is 0 Å². The van der Waals surface area contributed by atoms with Crippen molar-refractivity contribution in [1.82, 2.24) is 13.9 Å². The fraction of sp³-hybridized carbons (Fsp3) is 0.818. The van der Waals surface area contributed by atoms with Crippen LogP contribution in [0.5, 0.6) is 0 Å². The zero-order chi connectivity index (χ0) is 16.5. The Bertz CT molecular complexity index is 439. The standard InChI is InChI=1S/C11H23N3O6S/c1-13(7-5-11(16)20-4)21(17,18)14(2)9-10(15)12-6-8-19-3/h5-9H2,1-4H3,(H,12,15). The van der Waals surface area contributed by atoms with Gasteiger partial charge in [0.1, 0.15) is 0 Å². The third kappa shape index (κ3) is 7.37. The van der Waals surface area contributed by atoms with Crippen LogP contribution in [0.2, 0.25) is 0 Å². The molecule has 0 aromatic heterocycles. The van der Waals surface area contributed by atoms with Crippen LogP contribution in [-0.4, -0.2) is 83.5 Å². The minimum atomic E-state index is -3.80. The number of carbonyl (C=O) groups is 2. The molecular weight excluding hydrogens is 302 g/mol. The molecule has 1 N–H and O–H groups in total. The third-order valence-corrected chi connectivity index (χ3v) is 4.53. The van der Waals surface area contributed by atoms with Gasteiger partial charge in [0.15, 0.2) is 0 Å². The average Bonchev–Trinajstić information content (AvgIpc) is 2.44. The number of amides is 1. The Kier molecular flexibility index (Phi) is 9.09. The van der Waals surface area contributed by atoms with E-state index in [1.807, 2.05) is 0 Å². The number of esters is 1. The lowest BCUT2D eigenvalue weighted by atomic mass is 10.4. The summed E-state index contributed by atoms with van der Waals surface area (Å²) in [6.45, 7) is 0.321. The maximum Gasteiger partial charge on any atom is 0.306 e. The minimum absolute atomic E-state index is 0.0232. The van der Waals surface area contributed by atoms with Crippen LogP contribution in [0.15, 0.2) is 0 Å². The zero-order valence-electron chi connectivity index (χ0n) is 12.8. The van der Waals surface area contributed by atoms with Gasteiger partial charge in [0.25, 0.3) is 10.2 Å². The Balaban J connectivity index is 4.40. The number of methoxy groups -OCH3 is 2. The van der Waals surface area contributed by atoms with Crippen molar-refractivity contribution in [1.29, 1.82) is 0 Å². The Labute approximate surface area is 125 Å². The molecule has 0 spiro atoms. The maximum absolute atomic E-state index is 12.1. The van der Waals surface area contributed by atoms with E-state index >= 15 is 0 Å². The van der Waals surface area contributed by atoms with Crippen LogP contribution in [0.1, 0.15) is 6.42 Å². The summed E-state index contributed by atoms with van der Waals surface area (Å²) < 4.78 is 35.3. The summed E-state index contributed by atoms with van der Waals surface area (Å²) in [5, 5.41) is 2.52. The molecule has 10 heteroatoms. The molecule has 124 valence electrons. The number of hydrogen-bond donors (Lipinski definition) is 1. The first kappa shape index (κ1) is 19.8. The zero-order valence-corrected chi connectivity index (χ0v) is 13.6. The van der Waals surface area contributed by atoms with Crippen LogP contribution in [0.25, 0.3) is 0 Å². The SMILES string of the molecule is COCCNC(=O)CN(C)S(=O)(=O)N(C)CCC(=O)OC. The number of hydrogen-bond acceptors (Lipinski definition) is 6. The molecule has 0 rings (SSSR count). The molecular formula is C11H23N3O6S. The van der Waals surface area contributed by atoms with Crippen LogP contribution in [0.3, 0.4) is 0 Å². The predicted octanol–water partition coefficient (Wildman–Crippen LogP) is -1.58. The number of carbonyl (C=O) groups excluding carboxylic acids is 2.